The summed E-state index contributed by atoms with van der Waals surface area (Å²) >= 11 is 0. The van der Waals surface area contributed by atoms with Gasteiger partial charge >= 0.3 is 0 Å². The minimum Gasteiger partial charge on any atom is -0.489 e. The molecule has 0 aliphatic carbocycles. The predicted octanol–water partition coefficient (Wildman–Crippen LogP) is 5.23. The molecule has 1 atom stereocenters. The molecule has 1 saturated heterocycles. The van der Waals surface area contributed by atoms with Crippen molar-refractivity contribution < 1.29 is 4.74 Å². The molecule has 4 heteroatoms. The second-order valence-electron chi connectivity index (χ2n) is 7.75. The van der Waals surface area contributed by atoms with E-state index in [-0.39, 0.29) is 0 Å². The van der Waals surface area contributed by atoms with E-state index in [1.807, 2.05) is 36.4 Å². The lowest BCUT2D eigenvalue weighted by atomic mass is 9.99. The summed E-state index contributed by atoms with van der Waals surface area (Å²) in [5.74, 6) is 1.54. The molecule has 0 amide bonds. The van der Waals surface area contributed by atoms with Gasteiger partial charge in [-0.15, -0.1) is 0 Å². The Morgan fingerprint density at radius 1 is 1.18 bits per heavy atom. The van der Waals surface area contributed by atoms with Crippen molar-refractivity contribution in [1.82, 2.24) is 4.98 Å². The van der Waals surface area contributed by atoms with Crippen LogP contribution in [0.2, 0.25) is 0 Å². The average molecular weight is 371 g/mol. The van der Waals surface area contributed by atoms with Crippen molar-refractivity contribution in [2.45, 2.75) is 33.3 Å². The number of anilines is 1. The van der Waals surface area contributed by atoms with E-state index >= 15 is 0 Å². The summed E-state index contributed by atoms with van der Waals surface area (Å²) in [5, 5.41) is 10.1. The van der Waals surface area contributed by atoms with Gasteiger partial charge in [0, 0.05) is 35.9 Å². The van der Waals surface area contributed by atoms with E-state index in [0.29, 0.717) is 12.2 Å². The second-order valence-corrected chi connectivity index (χ2v) is 7.75. The topological polar surface area (TPSA) is 49.1 Å². The van der Waals surface area contributed by atoms with Crippen LogP contribution in [-0.4, -0.2) is 18.1 Å². The lowest BCUT2D eigenvalue weighted by Gasteiger charge is -2.33. The van der Waals surface area contributed by atoms with E-state index < -0.39 is 0 Å². The summed E-state index contributed by atoms with van der Waals surface area (Å²) < 4.78 is 5.98. The van der Waals surface area contributed by atoms with E-state index in [1.54, 1.807) is 0 Å². The molecule has 0 saturated carbocycles. The third kappa shape index (κ3) is 3.94. The first kappa shape index (κ1) is 18.3. The third-order valence-electron chi connectivity index (χ3n) is 5.37. The molecule has 1 aliphatic heterocycles. The number of piperidine rings is 1. The van der Waals surface area contributed by atoms with E-state index in [4.69, 9.17) is 15.0 Å². The smallest absolute Gasteiger partial charge is 0.122 e. The van der Waals surface area contributed by atoms with Gasteiger partial charge in [0.25, 0.3) is 0 Å². The number of benzene rings is 2. The van der Waals surface area contributed by atoms with E-state index in [9.17, 15) is 0 Å². The SMILES string of the molecule is Cc1cc(N2CCC[C@@H](C)C2)c2ccc(OCc3ccc(C#N)cc3)cc2n1. The zero-order valence-electron chi connectivity index (χ0n) is 16.5. The number of rotatable bonds is 4. The number of ether oxygens (including phenoxy) is 1. The van der Waals surface area contributed by atoms with Crippen LogP contribution in [0.1, 0.15) is 36.6 Å². The molecule has 0 N–H and O–H groups in total. The maximum absolute atomic E-state index is 8.90. The van der Waals surface area contributed by atoms with E-state index in [0.717, 1.165) is 41.5 Å². The molecule has 142 valence electrons. The van der Waals surface area contributed by atoms with Gasteiger partial charge in [-0.05, 0) is 61.6 Å². The third-order valence-corrected chi connectivity index (χ3v) is 5.37. The van der Waals surface area contributed by atoms with Gasteiger partial charge in [-0.2, -0.15) is 5.26 Å². The lowest BCUT2D eigenvalue weighted by Crippen LogP contribution is -2.34. The molecular weight excluding hydrogens is 346 g/mol. The first-order chi connectivity index (χ1) is 13.6. The van der Waals surface area contributed by atoms with Crippen molar-refractivity contribution in [2.75, 3.05) is 18.0 Å². The summed E-state index contributed by atoms with van der Waals surface area (Å²) in [5.41, 5.74) is 5.00. The van der Waals surface area contributed by atoms with Gasteiger partial charge in [0.2, 0.25) is 0 Å². The Hall–Kier alpha value is -3.06. The number of aromatic nitrogens is 1. The van der Waals surface area contributed by atoms with Crippen LogP contribution in [0, 0.1) is 24.2 Å². The van der Waals surface area contributed by atoms with Gasteiger partial charge < -0.3 is 9.64 Å². The van der Waals surface area contributed by atoms with E-state index in [2.05, 4.69) is 36.9 Å². The number of hydrogen-bond donors (Lipinski definition) is 0. The molecule has 0 unspecified atom stereocenters. The molecule has 1 fully saturated rings. The fraction of sp³-hybridized carbons (Fsp3) is 0.333. The molecule has 1 aromatic heterocycles. The Balaban J connectivity index is 1.57. The zero-order valence-corrected chi connectivity index (χ0v) is 16.5. The molecule has 28 heavy (non-hydrogen) atoms. The van der Waals surface area contributed by atoms with Crippen molar-refractivity contribution in [3.8, 4) is 11.8 Å². The van der Waals surface area contributed by atoms with Crippen LogP contribution < -0.4 is 9.64 Å². The van der Waals surface area contributed by atoms with Crippen LogP contribution in [0.4, 0.5) is 5.69 Å². The molecule has 0 bridgehead atoms. The van der Waals surface area contributed by atoms with Crippen LogP contribution >= 0.6 is 0 Å². The minimum absolute atomic E-state index is 0.472. The Morgan fingerprint density at radius 2 is 2.00 bits per heavy atom. The molecule has 2 aromatic carbocycles. The molecule has 4 rings (SSSR count). The maximum atomic E-state index is 8.90. The van der Waals surface area contributed by atoms with Crippen LogP contribution in [0.5, 0.6) is 5.75 Å². The first-order valence-corrected chi connectivity index (χ1v) is 9.90. The van der Waals surface area contributed by atoms with Crippen LogP contribution in [0.15, 0.2) is 48.5 Å². The largest absolute Gasteiger partial charge is 0.489 e. The second kappa shape index (κ2) is 7.90. The number of pyridine rings is 1. The molecule has 0 radical (unpaired) electrons. The van der Waals surface area contributed by atoms with Gasteiger partial charge in [0.05, 0.1) is 17.1 Å². The zero-order chi connectivity index (χ0) is 19.5. The van der Waals surface area contributed by atoms with Gasteiger partial charge in [0.1, 0.15) is 12.4 Å². The Labute approximate surface area is 166 Å². The number of hydrogen-bond acceptors (Lipinski definition) is 4. The molecule has 1 aliphatic rings. The minimum atomic E-state index is 0.472. The fourth-order valence-electron chi connectivity index (χ4n) is 3.92. The van der Waals surface area contributed by atoms with Crippen molar-refractivity contribution in [1.29, 1.82) is 5.26 Å². The molecule has 2 heterocycles. The summed E-state index contributed by atoms with van der Waals surface area (Å²) in [6, 6.07) is 18.0. The number of aryl methyl sites for hydroxylation is 1. The van der Waals surface area contributed by atoms with Gasteiger partial charge in [0.15, 0.2) is 0 Å². The summed E-state index contributed by atoms with van der Waals surface area (Å²) in [6.07, 6.45) is 2.56. The van der Waals surface area contributed by atoms with Crippen LogP contribution in [0.3, 0.4) is 0 Å². The fourth-order valence-corrected chi connectivity index (χ4v) is 3.92. The standard InChI is InChI=1S/C24H25N3O/c1-17-4-3-11-27(15-17)24-12-18(2)26-23-13-21(9-10-22(23)24)28-16-20-7-5-19(14-25)6-8-20/h5-10,12-13,17H,3-4,11,15-16H2,1-2H3/t17-/m1/s1. The molecular formula is C24H25N3O. The van der Waals surface area contributed by atoms with Crippen molar-refractivity contribution >= 4 is 16.6 Å². The Morgan fingerprint density at radius 3 is 2.75 bits per heavy atom. The van der Waals surface area contributed by atoms with Crippen LogP contribution in [-0.2, 0) is 6.61 Å². The highest BCUT2D eigenvalue weighted by Gasteiger charge is 2.19. The molecule has 0 spiro atoms. The summed E-state index contributed by atoms with van der Waals surface area (Å²) in [6.45, 7) is 7.08. The van der Waals surface area contributed by atoms with Gasteiger partial charge in [-0.1, -0.05) is 19.1 Å². The van der Waals surface area contributed by atoms with Gasteiger partial charge in [-0.3, -0.25) is 4.98 Å². The number of nitriles is 1. The first-order valence-electron chi connectivity index (χ1n) is 9.90. The lowest BCUT2D eigenvalue weighted by molar-refractivity contribution is 0.306. The highest BCUT2D eigenvalue weighted by molar-refractivity contribution is 5.92. The average Bonchev–Trinajstić information content (AvgIpc) is 2.71. The summed E-state index contributed by atoms with van der Waals surface area (Å²) in [7, 11) is 0. The molecule has 3 aromatic rings. The maximum Gasteiger partial charge on any atom is 0.122 e. The highest BCUT2D eigenvalue weighted by Crippen LogP contribution is 2.32. The molecule has 4 nitrogen and oxygen atoms in total. The van der Waals surface area contributed by atoms with Crippen molar-refractivity contribution in [3.05, 3.63) is 65.4 Å². The Kier molecular flexibility index (Phi) is 5.16. The normalized spacial score (nSPS) is 16.8. The highest BCUT2D eigenvalue weighted by atomic mass is 16.5. The van der Waals surface area contributed by atoms with Crippen molar-refractivity contribution in [2.24, 2.45) is 5.92 Å². The van der Waals surface area contributed by atoms with E-state index in [1.165, 1.54) is 23.9 Å². The summed E-state index contributed by atoms with van der Waals surface area (Å²) in [4.78, 5) is 7.25. The number of fused-ring (bicyclic) bond motifs is 1. The monoisotopic (exact) mass is 371 g/mol. The Bertz CT molecular complexity index is 1020. The van der Waals surface area contributed by atoms with Crippen molar-refractivity contribution in [3.63, 3.8) is 0 Å². The number of nitrogens with zero attached hydrogens (tertiary/aromatic N) is 3. The predicted molar refractivity (Wildman–Crippen MR) is 113 cm³/mol. The van der Waals surface area contributed by atoms with Gasteiger partial charge in [-0.25, -0.2) is 0 Å². The van der Waals surface area contributed by atoms with Crippen LogP contribution in [0.25, 0.3) is 10.9 Å². The quantitative estimate of drug-likeness (QED) is 0.630.